The molecule has 0 spiro atoms. The second-order valence-corrected chi connectivity index (χ2v) is 4.56. The molecule has 0 aliphatic rings. The Kier molecular flexibility index (Phi) is 3.85. The zero-order valence-corrected chi connectivity index (χ0v) is 11.5. The Morgan fingerprint density at radius 1 is 1.21 bits per heavy atom. The minimum absolute atomic E-state index is 0.276. The molecule has 2 aromatic rings. The Bertz CT molecular complexity index is 550. The van der Waals surface area contributed by atoms with Crippen LogP contribution in [0.3, 0.4) is 0 Å². The maximum atomic E-state index is 5.70. The molecule has 5 nitrogen and oxygen atoms in total. The molecule has 2 rings (SSSR count). The Hall–Kier alpha value is -2.30. The zero-order valence-electron chi connectivity index (χ0n) is 11.5. The number of nitrogens with one attached hydrogen (secondary N) is 1. The standard InChI is InChI=1S/C14H19N5/c1-10-4-6-11(7-5-10)9-19(3)13-8-12(16-2)17-14(15)18-13/h4-8H,9H2,1-3H3,(H3,15,16,17,18). The summed E-state index contributed by atoms with van der Waals surface area (Å²) in [6.45, 7) is 2.86. The van der Waals surface area contributed by atoms with Crippen molar-refractivity contribution in [2.45, 2.75) is 13.5 Å². The lowest BCUT2D eigenvalue weighted by molar-refractivity contribution is 0.893. The van der Waals surface area contributed by atoms with Crippen molar-refractivity contribution in [1.82, 2.24) is 9.97 Å². The molecule has 0 radical (unpaired) electrons. The Morgan fingerprint density at radius 2 is 1.89 bits per heavy atom. The summed E-state index contributed by atoms with van der Waals surface area (Å²) < 4.78 is 0. The molecule has 19 heavy (non-hydrogen) atoms. The zero-order chi connectivity index (χ0) is 13.8. The molecule has 0 aliphatic carbocycles. The summed E-state index contributed by atoms with van der Waals surface area (Å²) in [5, 5.41) is 2.98. The van der Waals surface area contributed by atoms with Gasteiger partial charge in [-0.25, -0.2) is 0 Å². The first-order chi connectivity index (χ1) is 9.08. The summed E-state index contributed by atoms with van der Waals surface area (Å²) in [4.78, 5) is 10.4. The van der Waals surface area contributed by atoms with E-state index < -0.39 is 0 Å². The molecular weight excluding hydrogens is 238 g/mol. The average molecular weight is 257 g/mol. The monoisotopic (exact) mass is 257 g/mol. The predicted octanol–water partition coefficient (Wildman–Crippen LogP) is 2.05. The molecule has 1 heterocycles. The van der Waals surface area contributed by atoms with E-state index in [-0.39, 0.29) is 5.95 Å². The maximum absolute atomic E-state index is 5.70. The van der Waals surface area contributed by atoms with E-state index >= 15 is 0 Å². The van der Waals surface area contributed by atoms with Crippen LogP contribution in [0.5, 0.6) is 0 Å². The van der Waals surface area contributed by atoms with Gasteiger partial charge in [0.15, 0.2) is 0 Å². The Balaban J connectivity index is 2.17. The molecule has 0 atom stereocenters. The third kappa shape index (κ3) is 3.34. The van der Waals surface area contributed by atoms with Crippen LogP contribution in [0.25, 0.3) is 0 Å². The summed E-state index contributed by atoms with van der Waals surface area (Å²) in [5.41, 5.74) is 8.19. The number of nitrogens with zero attached hydrogens (tertiary/aromatic N) is 3. The predicted molar refractivity (Wildman–Crippen MR) is 79.3 cm³/mol. The minimum Gasteiger partial charge on any atom is -0.373 e. The SMILES string of the molecule is CNc1cc(N(C)Cc2ccc(C)cc2)nc(N)n1. The van der Waals surface area contributed by atoms with Crippen molar-refractivity contribution < 1.29 is 0 Å². The van der Waals surface area contributed by atoms with Crippen molar-refractivity contribution in [3.05, 3.63) is 41.5 Å². The molecule has 1 aromatic heterocycles. The molecule has 0 bridgehead atoms. The number of nitrogen functional groups attached to an aromatic ring is 1. The first-order valence-corrected chi connectivity index (χ1v) is 6.17. The van der Waals surface area contributed by atoms with Gasteiger partial charge in [0, 0.05) is 26.7 Å². The van der Waals surface area contributed by atoms with E-state index in [1.165, 1.54) is 11.1 Å². The molecular formula is C14H19N5. The van der Waals surface area contributed by atoms with Crippen LogP contribution in [0.4, 0.5) is 17.6 Å². The molecule has 100 valence electrons. The number of anilines is 3. The van der Waals surface area contributed by atoms with Gasteiger partial charge < -0.3 is 16.0 Å². The smallest absolute Gasteiger partial charge is 0.223 e. The number of nitrogens with two attached hydrogens (primary N) is 1. The van der Waals surface area contributed by atoms with Gasteiger partial charge in [-0.05, 0) is 12.5 Å². The topological polar surface area (TPSA) is 67.1 Å². The van der Waals surface area contributed by atoms with Crippen LogP contribution in [0.15, 0.2) is 30.3 Å². The number of benzene rings is 1. The molecule has 0 unspecified atom stereocenters. The van der Waals surface area contributed by atoms with Gasteiger partial charge in [0.2, 0.25) is 5.95 Å². The second-order valence-electron chi connectivity index (χ2n) is 4.56. The van der Waals surface area contributed by atoms with E-state index in [9.17, 15) is 0 Å². The van der Waals surface area contributed by atoms with Crippen molar-refractivity contribution in [3.63, 3.8) is 0 Å². The van der Waals surface area contributed by atoms with Gasteiger partial charge in [-0.3, -0.25) is 0 Å². The Labute approximate surface area is 113 Å². The molecule has 0 fully saturated rings. The van der Waals surface area contributed by atoms with Gasteiger partial charge in [-0.2, -0.15) is 9.97 Å². The van der Waals surface area contributed by atoms with E-state index in [4.69, 9.17) is 5.73 Å². The van der Waals surface area contributed by atoms with E-state index in [0.29, 0.717) is 0 Å². The highest BCUT2D eigenvalue weighted by Gasteiger charge is 2.07. The highest BCUT2D eigenvalue weighted by molar-refractivity contribution is 5.52. The quantitative estimate of drug-likeness (QED) is 0.877. The highest BCUT2D eigenvalue weighted by atomic mass is 15.2. The van der Waals surface area contributed by atoms with Crippen molar-refractivity contribution in [3.8, 4) is 0 Å². The van der Waals surface area contributed by atoms with Crippen molar-refractivity contribution in [1.29, 1.82) is 0 Å². The summed E-state index contributed by atoms with van der Waals surface area (Å²) in [6, 6.07) is 10.3. The summed E-state index contributed by atoms with van der Waals surface area (Å²) in [7, 11) is 3.80. The average Bonchev–Trinajstić information content (AvgIpc) is 2.40. The molecule has 3 N–H and O–H groups in total. The fourth-order valence-electron chi connectivity index (χ4n) is 1.82. The van der Waals surface area contributed by atoms with Crippen LogP contribution >= 0.6 is 0 Å². The van der Waals surface area contributed by atoms with Gasteiger partial charge in [0.05, 0.1) is 0 Å². The molecule has 0 amide bonds. The van der Waals surface area contributed by atoms with Crippen LogP contribution in [-0.2, 0) is 6.54 Å². The third-order valence-electron chi connectivity index (χ3n) is 2.92. The van der Waals surface area contributed by atoms with Gasteiger partial charge in [-0.1, -0.05) is 29.8 Å². The fourth-order valence-corrected chi connectivity index (χ4v) is 1.82. The molecule has 1 aromatic carbocycles. The minimum atomic E-state index is 0.276. The Morgan fingerprint density at radius 3 is 2.53 bits per heavy atom. The lowest BCUT2D eigenvalue weighted by Crippen LogP contribution is -2.19. The molecule has 0 saturated carbocycles. The summed E-state index contributed by atoms with van der Waals surface area (Å²) in [6.07, 6.45) is 0. The van der Waals surface area contributed by atoms with E-state index in [1.54, 1.807) is 0 Å². The normalized spacial score (nSPS) is 10.3. The third-order valence-corrected chi connectivity index (χ3v) is 2.92. The number of rotatable bonds is 4. The largest absolute Gasteiger partial charge is 0.373 e. The fraction of sp³-hybridized carbons (Fsp3) is 0.286. The van der Waals surface area contributed by atoms with Gasteiger partial charge in [-0.15, -0.1) is 0 Å². The summed E-state index contributed by atoms with van der Waals surface area (Å²) >= 11 is 0. The summed E-state index contributed by atoms with van der Waals surface area (Å²) in [5.74, 6) is 1.80. The van der Waals surface area contributed by atoms with Crippen LogP contribution in [0, 0.1) is 6.92 Å². The molecule has 5 heteroatoms. The molecule has 0 aliphatic heterocycles. The molecule has 0 saturated heterocycles. The van der Waals surface area contributed by atoms with Crippen molar-refractivity contribution >= 4 is 17.6 Å². The maximum Gasteiger partial charge on any atom is 0.223 e. The number of aromatic nitrogens is 2. The van der Waals surface area contributed by atoms with Gasteiger partial charge in [0.25, 0.3) is 0 Å². The van der Waals surface area contributed by atoms with Crippen molar-refractivity contribution in [2.75, 3.05) is 30.0 Å². The van der Waals surface area contributed by atoms with Crippen molar-refractivity contribution in [2.24, 2.45) is 0 Å². The highest BCUT2D eigenvalue weighted by Crippen LogP contribution is 2.17. The van der Waals surface area contributed by atoms with Gasteiger partial charge in [0.1, 0.15) is 11.6 Å². The van der Waals surface area contributed by atoms with Crippen LogP contribution in [0.1, 0.15) is 11.1 Å². The number of aryl methyl sites for hydroxylation is 1. The number of hydrogen-bond acceptors (Lipinski definition) is 5. The van der Waals surface area contributed by atoms with E-state index in [1.807, 2.05) is 25.1 Å². The van der Waals surface area contributed by atoms with Crippen LogP contribution in [-0.4, -0.2) is 24.1 Å². The first kappa shape index (κ1) is 13.1. The van der Waals surface area contributed by atoms with E-state index in [0.717, 1.165) is 18.2 Å². The lowest BCUT2D eigenvalue weighted by Gasteiger charge is -2.19. The van der Waals surface area contributed by atoms with E-state index in [2.05, 4.69) is 46.5 Å². The lowest BCUT2D eigenvalue weighted by atomic mass is 10.1. The van der Waals surface area contributed by atoms with Crippen LogP contribution < -0.4 is 16.0 Å². The first-order valence-electron chi connectivity index (χ1n) is 6.17. The number of hydrogen-bond donors (Lipinski definition) is 2. The van der Waals surface area contributed by atoms with Gasteiger partial charge >= 0.3 is 0 Å². The second kappa shape index (κ2) is 5.56. The van der Waals surface area contributed by atoms with Crippen LogP contribution in [0.2, 0.25) is 0 Å².